The van der Waals surface area contributed by atoms with E-state index in [1.165, 1.54) is 16.0 Å². The highest BCUT2D eigenvalue weighted by molar-refractivity contribution is 9.10. The summed E-state index contributed by atoms with van der Waals surface area (Å²) in [6, 6.07) is 8.05. The van der Waals surface area contributed by atoms with Crippen molar-refractivity contribution in [2.24, 2.45) is 5.92 Å². The van der Waals surface area contributed by atoms with Gasteiger partial charge in [0.1, 0.15) is 17.2 Å². The van der Waals surface area contributed by atoms with E-state index in [9.17, 15) is 24.3 Å². The second kappa shape index (κ2) is 12.7. The molecule has 1 aromatic heterocycles. The van der Waals surface area contributed by atoms with E-state index in [2.05, 4.69) is 26.0 Å². The molecule has 0 spiro atoms. The van der Waals surface area contributed by atoms with E-state index in [0.29, 0.717) is 65.3 Å². The predicted octanol–water partition coefficient (Wildman–Crippen LogP) is 3.45. The minimum atomic E-state index is -0.907. The Morgan fingerprint density at radius 1 is 1.15 bits per heavy atom. The van der Waals surface area contributed by atoms with E-state index < -0.39 is 34.7 Å². The lowest BCUT2D eigenvalue weighted by Crippen LogP contribution is -2.47. The van der Waals surface area contributed by atoms with Crippen molar-refractivity contribution >= 4 is 27.8 Å². The number of piperidine rings is 1. The summed E-state index contributed by atoms with van der Waals surface area (Å²) in [7, 11) is 0. The Hall–Kier alpha value is -3.97. The zero-order valence-electron chi connectivity index (χ0n) is 23.3. The molecule has 1 atom stereocenters. The molecule has 1 saturated heterocycles. The molecule has 1 amide bonds. The monoisotopic (exact) mass is 629 g/mol. The number of halogens is 1. The SMILES string of the molecule is CCN(CC)OC(=O)C1CCCN(C(=O)c2nn(-c3cc(C)c(Oc4ccc(O)c(Br)c4)c(C)c3)c(=O)[nH]c2=O)C1. The zero-order chi connectivity index (χ0) is 29.8. The summed E-state index contributed by atoms with van der Waals surface area (Å²) in [5.74, 6) is -0.532. The van der Waals surface area contributed by atoms with Gasteiger partial charge in [0.25, 0.3) is 11.5 Å². The first-order valence-corrected chi connectivity index (χ1v) is 14.1. The van der Waals surface area contributed by atoms with Crippen molar-refractivity contribution in [1.29, 1.82) is 0 Å². The molecule has 1 aliphatic heterocycles. The van der Waals surface area contributed by atoms with Crippen LogP contribution in [0.1, 0.15) is 48.3 Å². The van der Waals surface area contributed by atoms with Gasteiger partial charge in [-0.05, 0) is 97.9 Å². The highest BCUT2D eigenvalue weighted by atomic mass is 79.9. The molecule has 1 fully saturated rings. The van der Waals surface area contributed by atoms with Crippen molar-refractivity contribution in [3.8, 4) is 22.9 Å². The third-order valence-corrected chi connectivity index (χ3v) is 7.46. The minimum Gasteiger partial charge on any atom is -0.507 e. The number of aromatic amines is 1. The van der Waals surface area contributed by atoms with Crippen molar-refractivity contribution in [1.82, 2.24) is 24.7 Å². The normalized spacial score (nSPS) is 15.2. The topological polar surface area (TPSA) is 147 Å². The summed E-state index contributed by atoms with van der Waals surface area (Å²) in [6.45, 7) is 8.82. The molecule has 1 aliphatic rings. The van der Waals surface area contributed by atoms with Gasteiger partial charge in [0.05, 0.1) is 16.1 Å². The minimum absolute atomic E-state index is 0.0784. The van der Waals surface area contributed by atoms with Gasteiger partial charge in [-0.25, -0.2) is 9.59 Å². The summed E-state index contributed by atoms with van der Waals surface area (Å²) in [6.07, 6.45) is 1.11. The number of benzene rings is 2. The van der Waals surface area contributed by atoms with E-state index in [-0.39, 0.29) is 12.3 Å². The fourth-order valence-electron chi connectivity index (χ4n) is 4.65. The number of aromatic nitrogens is 3. The molecule has 3 aromatic rings. The Labute approximate surface area is 244 Å². The van der Waals surface area contributed by atoms with Crippen LogP contribution in [0.15, 0.2) is 44.4 Å². The van der Waals surface area contributed by atoms with E-state index in [4.69, 9.17) is 9.57 Å². The number of nitrogens with one attached hydrogen (secondary N) is 1. The van der Waals surface area contributed by atoms with Crippen molar-refractivity contribution in [2.45, 2.75) is 40.5 Å². The molecule has 2 aromatic carbocycles. The van der Waals surface area contributed by atoms with Crippen molar-refractivity contribution < 1.29 is 24.3 Å². The molecule has 0 bridgehead atoms. The van der Waals surface area contributed by atoms with Gasteiger partial charge in [-0.15, -0.1) is 5.06 Å². The fraction of sp³-hybridized carbons (Fsp3) is 0.393. The van der Waals surface area contributed by atoms with Crippen LogP contribution in [0.4, 0.5) is 0 Å². The number of likely N-dealkylation sites (tertiary alicyclic amines) is 1. The number of ether oxygens (including phenoxy) is 1. The fourth-order valence-corrected chi connectivity index (χ4v) is 5.01. The Balaban J connectivity index is 1.60. The molecule has 41 heavy (non-hydrogen) atoms. The number of phenols is 1. The maximum Gasteiger partial charge on any atom is 0.349 e. The lowest BCUT2D eigenvalue weighted by Gasteiger charge is -2.32. The molecule has 13 heteroatoms. The van der Waals surface area contributed by atoms with Gasteiger partial charge in [-0.3, -0.25) is 14.6 Å². The number of rotatable bonds is 8. The second-order valence-electron chi connectivity index (χ2n) is 9.76. The van der Waals surface area contributed by atoms with E-state index in [1.807, 2.05) is 13.8 Å². The third-order valence-electron chi connectivity index (χ3n) is 6.83. The van der Waals surface area contributed by atoms with Crippen LogP contribution in [0.5, 0.6) is 17.2 Å². The average molecular weight is 630 g/mol. The molecule has 0 aliphatic carbocycles. The van der Waals surface area contributed by atoms with Gasteiger partial charge in [0.2, 0.25) is 5.69 Å². The highest BCUT2D eigenvalue weighted by Gasteiger charge is 2.33. The number of phenolic OH excluding ortho intramolecular Hbond substituents is 1. The van der Waals surface area contributed by atoms with Crippen LogP contribution in [0, 0.1) is 19.8 Å². The lowest BCUT2D eigenvalue weighted by atomic mass is 9.98. The number of hydroxylamine groups is 2. The second-order valence-corrected chi connectivity index (χ2v) is 10.6. The van der Waals surface area contributed by atoms with Gasteiger partial charge < -0.3 is 19.6 Å². The third kappa shape index (κ3) is 6.68. The molecule has 218 valence electrons. The number of carbonyl (C=O) groups excluding carboxylic acids is 2. The number of aromatic hydroxyl groups is 1. The first-order chi connectivity index (χ1) is 19.5. The number of H-pyrrole nitrogens is 1. The van der Waals surface area contributed by atoms with Crippen molar-refractivity contribution in [2.75, 3.05) is 26.2 Å². The molecule has 0 radical (unpaired) electrons. The zero-order valence-corrected chi connectivity index (χ0v) is 24.9. The lowest BCUT2D eigenvalue weighted by molar-refractivity contribution is -0.195. The van der Waals surface area contributed by atoms with Gasteiger partial charge in [0, 0.05) is 26.2 Å². The number of hydrogen-bond donors (Lipinski definition) is 2. The molecule has 4 rings (SSSR count). The average Bonchev–Trinajstić information content (AvgIpc) is 2.95. The maximum absolute atomic E-state index is 13.4. The molecule has 2 N–H and O–H groups in total. The summed E-state index contributed by atoms with van der Waals surface area (Å²) in [5, 5.41) is 15.4. The first-order valence-electron chi connectivity index (χ1n) is 13.3. The van der Waals surface area contributed by atoms with Gasteiger partial charge in [-0.2, -0.15) is 9.78 Å². The first kappa shape index (κ1) is 30.0. The molecule has 12 nitrogen and oxygen atoms in total. The van der Waals surface area contributed by atoms with Gasteiger partial charge in [-0.1, -0.05) is 0 Å². The van der Waals surface area contributed by atoms with Crippen LogP contribution in [-0.2, 0) is 9.63 Å². The molecule has 0 saturated carbocycles. The highest BCUT2D eigenvalue weighted by Crippen LogP contribution is 2.34. The number of aryl methyl sites for hydroxylation is 2. The summed E-state index contributed by atoms with van der Waals surface area (Å²) >= 11 is 3.26. The van der Waals surface area contributed by atoms with Gasteiger partial charge >= 0.3 is 11.7 Å². The Bertz CT molecular complexity index is 1560. The van der Waals surface area contributed by atoms with Crippen molar-refractivity contribution in [3.05, 3.63) is 72.5 Å². The Kier molecular flexibility index (Phi) is 9.28. The largest absolute Gasteiger partial charge is 0.507 e. The molecular weight excluding hydrogens is 598 g/mol. The molecule has 1 unspecified atom stereocenters. The van der Waals surface area contributed by atoms with Gasteiger partial charge in [0.15, 0.2) is 0 Å². The summed E-state index contributed by atoms with van der Waals surface area (Å²) in [4.78, 5) is 60.5. The van der Waals surface area contributed by atoms with E-state index in [0.717, 1.165) is 4.68 Å². The number of nitrogens with zero attached hydrogens (tertiary/aromatic N) is 4. The van der Waals surface area contributed by atoms with E-state index in [1.54, 1.807) is 38.1 Å². The molecular formula is C28H32BrN5O7. The quantitative estimate of drug-likeness (QED) is 0.357. The predicted molar refractivity (Wildman–Crippen MR) is 153 cm³/mol. The number of carbonyl (C=O) groups is 2. The smallest absolute Gasteiger partial charge is 0.349 e. The Morgan fingerprint density at radius 3 is 2.46 bits per heavy atom. The van der Waals surface area contributed by atoms with Crippen LogP contribution >= 0.6 is 15.9 Å². The Morgan fingerprint density at radius 2 is 1.83 bits per heavy atom. The molecule has 2 heterocycles. The van der Waals surface area contributed by atoms with Crippen LogP contribution < -0.4 is 16.0 Å². The maximum atomic E-state index is 13.4. The number of hydrogen-bond acceptors (Lipinski definition) is 9. The standard InChI is InChI=1S/C28H32BrN5O7/c1-5-33(6-2)41-27(38)18-8-7-11-32(15-18)26(37)23-25(36)30-28(39)34(31-23)19-12-16(3)24(17(4)13-19)40-20-9-10-22(35)21(29)14-20/h9-10,12-14,18,35H,5-8,11,15H2,1-4H3,(H,30,36,39). The summed E-state index contributed by atoms with van der Waals surface area (Å²) < 4.78 is 7.46. The van der Waals surface area contributed by atoms with E-state index >= 15 is 0 Å². The van der Waals surface area contributed by atoms with Crippen molar-refractivity contribution in [3.63, 3.8) is 0 Å². The van der Waals surface area contributed by atoms with Crippen LogP contribution in [-0.4, -0.2) is 67.9 Å². The number of amides is 1. The summed E-state index contributed by atoms with van der Waals surface area (Å²) in [5.41, 5.74) is -0.498. The van der Waals surface area contributed by atoms with Crippen LogP contribution in [0.2, 0.25) is 0 Å². The van der Waals surface area contributed by atoms with Crippen LogP contribution in [0.25, 0.3) is 5.69 Å². The van der Waals surface area contributed by atoms with Crippen LogP contribution in [0.3, 0.4) is 0 Å².